The fourth-order valence-corrected chi connectivity index (χ4v) is 2.75. The van der Waals surface area contributed by atoms with Crippen LogP contribution in [0.15, 0.2) is 45.3 Å². The fourth-order valence-electron chi connectivity index (χ4n) is 1.86. The molecule has 0 fully saturated rings. The highest BCUT2D eigenvalue weighted by Crippen LogP contribution is 2.19. The van der Waals surface area contributed by atoms with Crippen molar-refractivity contribution >= 4 is 31.9 Å². The van der Waals surface area contributed by atoms with Gasteiger partial charge in [0.2, 0.25) is 0 Å². The molecular formula is C18H22Br2F2O. The lowest BCUT2D eigenvalue weighted by atomic mass is 10.1. The van der Waals surface area contributed by atoms with E-state index >= 15 is 0 Å². The molecule has 5 heteroatoms. The van der Waals surface area contributed by atoms with Gasteiger partial charge in [0.1, 0.15) is 11.6 Å². The first-order chi connectivity index (χ1) is 10.5. The van der Waals surface area contributed by atoms with Crippen LogP contribution in [0.3, 0.4) is 0 Å². The molecule has 0 amide bonds. The zero-order valence-corrected chi connectivity index (χ0v) is 15.4. The topological polar surface area (TPSA) is 20.2 Å². The van der Waals surface area contributed by atoms with E-state index in [1.165, 1.54) is 18.2 Å². The summed E-state index contributed by atoms with van der Waals surface area (Å²) in [7, 11) is 0. The van der Waals surface area contributed by atoms with E-state index in [0.29, 0.717) is 6.42 Å². The molecule has 0 aliphatic heterocycles. The Labute approximate surface area is 154 Å². The average molecular weight is 452 g/mol. The third kappa shape index (κ3) is 8.04. The van der Waals surface area contributed by atoms with Crippen LogP contribution < -0.4 is 0 Å². The van der Waals surface area contributed by atoms with Crippen molar-refractivity contribution in [1.82, 2.24) is 0 Å². The van der Waals surface area contributed by atoms with Gasteiger partial charge < -0.3 is 5.11 Å². The van der Waals surface area contributed by atoms with Gasteiger partial charge in [0.15, 0.2) is 0 Å². The Morgan fingerprint density at radius 1 is 0.870 bits per heavy atom. The van der Waals surface area contributed by atoms with Crippen LogP contribution in [0.5, 0.6) is 0 Å². The Bertz CT molecular complexity index is 550. The second kappa shape index (κ2) is 11.7. The molecule has 0 saturated heterocycles. The van der Waals surface area contributed by atoms with E-state index in [2.05, 4.69) is 38.8 Å². The lowest BCUT2D eigenvalue weighted by molar-refractivity contribution is 0.299. The zero-order chi connectivity index (χ0) is 16.5. The van der Waals surface area contributed by atoms with E-state index < -0.39 is 0 Å². The summed E-state index contributed by atoms with van der Waals surface area (Å²) in [5, 5.41) is 8.59. The van der Waals surface area contributed by atoms with Crippen molar-refractivity contribution in [2.75, 3.05) is 6.61 Å². The number of benzene rings is 2. The number of aliphatic hydroxyl groups excluding tert-OH is 1. The molecule has 0 aliphatic carbocycles. The van der Waals surface area contributed by atoms with Gasteiger partial charge in [0.25, 0.3) is 0 Å². The molecule has 0 saturated carbocycles. The van der Waals surface area contributed by atoms with Gasteiger partial charge in [-0.3, -0.25) is 0 Å². The molecule has 0 aliphatic rings. The Kier molecular flexibility index (Phi) is 11.3. The largest absolute Gasteiger partial charge is 0.396 e. The van der Waals surface area contributed by atoms with E-state index in [4.69, 9.17) is 5.11 Å². The number of aliphatic hydroxyl groups is 1. The van der Waals surface area contributed by atoms with Gasteiger partial charge in [-0.25, -0.2) is 8.78 Å². The molecule has 23 heavy (non-hydrogen) atoms. The van der Waals surface area contributed by atoms with Crippen LogP contribution in [0, 0.1) is 11.6 Å². The molecule has 0 bridgehead atoms. The fraction of sp³-hybridized carbons (Fsp3) is 0.333. The van der Waals surface area contributed by atoms with E-state index in [1.54, 1.807) is 18.2 Å². The van der Waals surface area contributed by atoms with Crippen molar-refractivity contribution in [1.29, 1.82) is 0 Å². The maximum absolute atomic E-state index is 12.6. The first-order valence-corrected chi connectivity index (χ1v) is 8.55. The molecule has 1 N–H and O–H groups in total. The molecule has 128 valence electrons. The molecule has 0 unspecified atom stereocenters. The normalized spacial score (nSPS) is 9.65. The summed E-state index contributed by atoms with van der Waals surface area (Å²) in [4.78, 5) is 0. The summed E-state index contributed by atoms with van der Waals surface area (Å²) in [5.74, 6) is -0.423. The summed E-state index contributed by atoms with van der Waals surface area (Å²) in [6.07, 6.45) is 2.46. The van der Waals surface area contributed by atoms with Crippen LogP contribution in [0.1, 0.15) is 31.9 Å². The first-order valence-electron chi connectivity index (χ1n) is 6.96. The number of hydrogen-bond acceptors (Lipinski definition) is 1. The molecule has 0 heterocycles. The van der Waals surface area contributed by atoms with Crippen LogP contribution in [0.2, 0.25) is 0 Å². The Hall–Kier alpha value is -0.780. The standard InChI is InChI=1S/C9H10BrF.C8H8BrFO.CH4/c1-2-3-7-6-8(11)4-5-9(7)10;9-8-2-1-7(10)5-6(8)3-4-11;/h4-6H,2-3H2,1H3;1-2,5,11H,3-4H2;1H4. The minimum atomic E-state index is -0.267. The number of rotatable bonds is 4. The van der Waals surface area contributed by atoms with Crippen LogP contribution in [-0.2, 0) is 12.8 Å². The summed E-state index contributed by atoms with van der Waals surface area (Å²) in [6.45, 7) is 2.12. The summed E-state index contributed by atoms with van der Waals surface area (Å²) >= 11 is 6.62. The molecule has 0 aromatic heterocycles. The van der Waals surface area contributed by atoms with Crippen molar-refractivity contribution in [3.05, 3.63) is 68.1 Å². The number of halogens is 4. The molecule has 2 rings (SSSR count). The number of hydrogen-bond donors (Lipinski definition) is 1. The maximum Gasteiger partial charge on any atom is 0.123 e. The van der Waals surface area contributed by atoms with Crippen LogP contribution >= 0.6 is 31.9 Å². The second-order valence-corrected chi connectivity index (χ2v) is 6.40. The second-order valence-electron chi connectivity index (χ2n) is 4.70. The predicted molar refractivity (Wildman–Crippen MR) is 99.7 cm³/mol. The number of aryl methyl sites for hydroxylation is 1. The van der Waals surface area contributed by atoms with Gasteiger partial charge in [0, 0.05) is 15.6 Å². The summed E-state index contributed by atoms with van der Waals surface area (Å²) in [5.41, 5.74) is 1.85. The van der Waals surface area contributed by atoms with E-state index in [9.17, 15) is 8.78 Å². The molecule has 2 aromatic carbocycles. The van der Waals surface area contributed by atoms with Crippen LogP contribution in [-0.4, -0.2) is 11.7 Å². The quantitative estimate of drug-likeness (QED) is 0.578. The first kappa shape index (κ1) is 22.2. The lowest BCUT2D eigenvalue weighted by Crippen LogP contribution is -1.92. The molecule has 1 nitrogen and oxygen atoms in total. The predicted octanol–water partition coefficient (Wildman–Crippen LogP) is 6.30. The smallest absolute Gasteiger partial charge is 0.123 e. The van der Waals surface area contributed by atoms with Gasteiger partial charge in [-0.1, -0.05) is 52.6 Å². The maximum atomic E-state index is 12.6. The molecule has 2 aromatic rings. The third-order valence-corrected chi connectivity index (χ3v) is 4.46. The van der Waals surface area contributed by atoms with Gasteiger partial charge in [-0.15, -0.1) is 0 Å². The van der Waals surface area contributed by atoms with Crippen LogP contribution in [0.25, 0.3) is 0 Å². The summed E-state index contributed by atoms with van der Waals surface area (Å²) < 4.78 is 27.1. The highest BCUT2D eigenvalue weighted by atomic mass is 79.9. The molecule has 0 spiro atoms. The van der Waals surface area contributed by atoms with Crippen molar-refractivity contribution in [3.63, 3.8) is 0 Å². The average Bonchev–Trinajstić information content (AvgIpc) is 2.48. The van der Waals surface area contributed by atoms with Gasteiger partial charge >= 0.3 is 0 Å². The Balaban J connectivity index is 0.000000403. The van der Waals surface area contributed by atoms with Gasteiger partial charge in [-0.05, 0) is 60.4 Å². The molecule has 0 radical (unpaired) electrons. The van der Waals surface area contributed by atoms with E-state index in [0.717, 1.165) is 32.9 Å². The van der Waals surface area contributed by atoms with Crippen LogP contribution in [0.4, 0.5) is 8.78 Å². The van der Waals surface area contributed by atoms with Crippen molar-refractivity contribution in [3.8, 4) is 0 Å². The Morgan fingerprint density at radius 3 is 1.70 bits per heavy atom. The monoisotopic (exact) mass is 450 g/mol. The molecule has 0 atom stereocenters. The van der Waals surface area contributed by atoms with Crippen molar-refractivity contribution in [2.24, 2.45) is 0 Å². The lowest BCUT2D eigenvalue weighted by Gasteiger charge is -2.01. The minimum Gasteiger partial charge on any atom is -0.396 e. The third-order valence-electron chi connectivity index (χ3n) is 2.92. The van der Waals surface area contributed by atoms with E-state index in [1.807, 2.05) is 0 Å². The highest BCUT2D eigenvalue weighted by Gasteiger charge is 2.00. The minimum absolute atomic E-state index is 0. The summed E-state index contributed by atoms with van der Waals surface area (Å²) in [6, 6.07) is 9.22. The van der Waals surface area contributed by atoms with Gasteiger partial charge in [0.05, 0.1) is 0 Å². The molecular weight excluding hydrogens is 430 g/mol. The highest BCUT2D eigenvalue weighted by molar-refractivity contribution is 9.10. The Morgan fingerprint density at radius 2 is 1.30 bits per heavy atom. The SMILES string of the molecule is C.CCCc1cc(F)ccc1Br.OCCc1cc(F)ccc1Br. The van der Waals surface area contributed by atoms with Crippen molar-refractivity contribution < 1.29 is 13.9 Å². The zero-order valence-electron chi connectivity index (χ0n) is 12.3. The van der Waals surface area contributed by atoms with Crippen molar-refractivity contribution in [2.45, 2.75) is 33.6 Å². The van der Waals surface area contributed by atoms with E-state index in [-0.39, 0.29) is 25.7 Å². The van der Waals surface area contributed by atoms with Gasteiger partial charge in [-0.2, -0.15) is 0 Å².